The minimum atomic E-state index is 0.143. The van der Waals surface area contributed by atoms with Gasteiger partial charge in [0.2, 0.25) is 0 Å². The van der Waals surface area contributed by atoms with E-state index in [1.54, 1.807) is 11.3 Å². The lowest BCUT2D eigenvalue weighted by atomic mass is 9.98. The van der Waals surface area contributed by atoms with Gasteiger partial charge in [0.25, 0.3) is 0 Å². The van der Waals surface area contributed by atoms with Gasteiger partial charge < -0.3 is 5.32 Å². The summed E-state index contributed by atoms with van der Waals surface area (Å²) in [6, 6.07) is 14.7. The second-order valence-corrected chi connectivity index (χ2v) is 6.78. The highest BCUT2D eigenvalue weighted by Gasteiger charge is 2.18. The van der Waals surface area contributed by atoms with Gasteiger partial charge in [0, 0.05) is 14.2 Å². The normalized spacial score (nSPS) is 12.8. The van der Waals surface area contributed by atoms with Gasteiger partial charge in [-0.25, -0.2) is 0 Å². The van der Waals surface area contributed by atoms with Crippen molar-refractivity contribution in [2.45, 2.75) is 6.04 Å². The summed E-state index contributed by atoms with van der Waals surface area (Å²) in [5.41, 5.74) is 2.49. The Labute approximate surface area is 135 Å². The number of halogens is 2. The van der Waals surface area contributed by atoms with Crippen LogP contribution in [0, 0.1) is 0 Å². The predicted octanol–water partition coefficient (Wildman–Crippen LogP) is 5.63. The van der Waals surface area contributed by atoms with Crippen molar-refractivity contribution in [2.24, 2.45) is 0 Å². The Morgan fingerprint density at radius 3 is 2.75 bits per heavy atom. The second-order valence-electron chi connectivity index (χ2n) is 4.57. The molecule has 1 N–H and O–H groups in total. The quantitative estimate of drug-likeness (QED) is 0.634. The summed E-state index contributed by atoms with van der Waals surface area (Å²) >= 11 is 11.4. The molecular formula is C16H13BrClNS. The summed E-state index contributed by atoms with van der Waals surface area (Å²) in [7, 11) is 1.98. The molecule has 0 saturated carbocycles. The van der Waals surface area contributed by atoms with Crippen LogP contribution in [-0.2, 0) is 0 Å². The van der Waals surface area contributed by atoms with Crippen molar-refractivity contribution < 1.29 is 0 Å². The maximum Gasteiger partial charge on any atom is 0.0599 e. The second kappa shape index (κ2) is 5.86. The van der Waals surface area contributed by atoms with E-state index in [9.17, 15) is 0 Å². The fourth-order valence-electron chi connectivity index (χ4n) is 2.46. The fourth-order valence-corrected chi connectivity index (χ4v) is 4.31. The topological polar surface area (TPSA) is 12.0 Å². The summed E-state index contributed by atoms with van der Waals surface area (Å²) in [6.07, 6.45) is 0. The summed E-state index contributed by atoms with van der Waals surface area (Å²) in [5, 5.41) is 7.58. The van der Waals surface area contributed by atoms with Crippen LogP contribution in [0.3, 0.4) is 0 Å². The summed E-state index contributed by atoms with van der Waals surface area (Å²) in [5.74, 6) is 0. The van der Waals surface area contributed by atoms with E-state index in [0.717, 1.165) is 9.50 Å². The first-order chi connectivity index (χ1) is 9.70. The van der Waals surface area contributed by atoms with Crippen molar-refractivity contribution in [1.29, 1.82) is 0 Å². The third-order valence-corrected chi connectivity index (χ3v) is 5.28. The van der Waals surface area contributed by atoms with Crippen LogP contribution in [0.2, 0.25) is 5.02 Å². The lowest BCUT2D eigenvalue weighted by molar-refractivity contribution is 0.695. The van der Waals surface area contributed by atoms with Crippen molar-refractivity contribution in [2.75, 3.05) is 7.05 Å². The first kappa shape index (κ1) is 14.1. The molecule has 0 spiro atoms. The van der Waals surface area contributed by atoms with Crippen LogP contribution in [0.5, 0.6) is 0 Å². The maximum atomic E-state index is 6.04. The van der Waals surface area contributed by atoms with Crippen LogP contribution in [0.4, 0.5) is 0 Å². The minimum absolute atomic E-state index is 0.143. The van der Waals surface area contributed by atoms with Gasteiger partial charge in [-0.15, -0.1) is 11.3 Å². The SMILES string of the molecule is CNC(c1ccc(Cl)cc1Br)c1cccc2ccsc12. The van der Waals surface area contributed by atoms with E-state index in [1.165, 1.54) is 21.2 Å². The minimum Gasteiger partial charge on any atom is -0.309 e. The van der Waals surface area contributed by atoms with Crippen LogP contribution in [-0.4, -0.2) is 7.05 Å². The molecule has 0 bridgehead atoms. The molecule has 20 heavy (non-hydrogen) atoms. The standard InChI is InChI=1S/C16H13BrClNS/c1-19-15(12-6-5-11(18)9-14(12)17)13-4-2-3-10-7-8-20-16(10)13/h2-9,15,19H,1H3. The van der Waals surface area contributed by atoms with Gasteiger partial charge in [-0.2, -0.15) is 0 Å². The van der Waals surface area contributed by atoms with Crippen LogP contribution >= 0.6 is 38.9 Å². The monoisotopic (exact) mass is 365 g/mol. The molecule has 1 atom stereocenters. The first-order valence-electron chi connectivity index (χ1n) is 6.29. The predicted molar refractivity (Wildman–Crippen MR) is 91.9 cm³/mol. The fraction of sp³-hybridized carbons (Fsp3) is 0.125. The molecule has 2 aromatic carbocycles. The number of rotatable bonds is 3. The molecule has 1 heterocycles. The van der Waals surface area contributed by atoms with Gasteiger partial charge in [-0.05, 0) is 47.1 Å². The highest BCUT2D eigenvalue weighted by molar-refractivity contribution is 9.10. The first-order valence-corrected chi connectivity index (χ1v) is 8.34. The highest BCUT2D eigenvalue weighted by Crippen LogP contribution is 2.35. The molecular weight excluding hydrogens is 354 g/mol. The zero-order chi connectivity index (χ0) is 14.1. The van der Waals surface area contributed by atoms with E-state index >= 15 is 0 Å². The summed E-state index contributed by atoms with van der Waals surface area (Å²) in [6.45, 7) is 0. The van der Waals surface area contributed by atoms with E-state index in [2.05, 4.69) is 57.0 Å². The Morgan fingerprint density at radius 2 is 2.00 bits per heavy atom. The highest BCUT2D eigenvalue weighted by atomic mass is 79.9. The summed E-state index contributed by atoms with van der Waals surface area (Å²) in [4.78, 5) is 0. The Bertz CT molecular complexity index is 753. The van der Waals surface area contributed by atoms with Crippen molar-refractivity contribution in [1.82, 2.24) is 5.32 Å². The van der Waals surface area contributed by atoms with Gasteiger partial charge in [0.05, 0.1) is 6.04 Å². The van der Waals surface area contributed by atoms with E-state index in [1.807, 2.05) is 19.2 Å². The molecule has 1 nitrogen and oxygen atoms in total. The number of fused-ring (bicyclic) bond motifs is 1. The van der Waals surface area contributed by atoms with Gasteiger partial charge >= 0.3 is 0 Å². The Balaban J connectivity index is 2.16. The molecule has 0 radical (unpaired) electrons. The molecule has 0 aliphatic carbocycles. The molecule has 1 unspecified atom stereocenters. The van der Waals surface area contributed by atoms with Crippen LogP contribution in [0.1, 0.15) is 17.2 Å². The molecule has 0 amide bonds. The lowest BCUT2D eigenvalue weighted by Crippen LogP contribution is -2.18. The Morgan fingerprint density at radius 1 is 1.15 bits per heavy atom. The number of hydrogen-bond acceptors (Lipinski definition) is 2. The average Bonchev–Trinajstić information content (AvgIpc) is 2.91. The number of nitrogens with one attached hydrogen (secondary N) is 1. The molecule has 3 aromatic rings. The average molecular weight is 367 g/mol. The van der Waals surface area contributed by atoms with E-state index in [4.69, 9.17) is 11.6 Å². The molecule has 102 valence electrons. The van der Waals surface area contributed by atoms with Crippen LogP contribution in [0.25, 0.3) is 10.1 Å². The van der Waals surface area contributed by atoms with E-state index in [-0.39, 0.29) is 6.04 Å². The Hall–Kier alpha value is -0.870. The van der Waals surface area contributed by atoms with Crippen molar-refractivity contribution in [3.05, 3.63) is 68.5 Å². The summed E-state index contributed by atoms with van der Waals surface area (Å²) < 4.78 is 2.35. The molecule has 1 aromatic heterocycles. The van der Waals surface area contributed by atoms with Crippen molar-refractivity contribution in [3.63, 3.8) is 0 Å². The third kappa shape index (κ3) is 2.51. The van der Waals surface area contributed by atoms with Crippen LogP contribution < -0.4 is 5.32 Å². The molecule has 0 aliphatic rings. The molecule has 0 aliphatic heterocycles. The smallest absolute Gasteiger partial charge is 0.0599 e. The largest absolute Gasteiger partial charge is 0.309 e. The Kier molecular flexibility index (Phi) is 4.13. The van der Waals surface area contributed by atoms with Crippen molar-refractivity contribution in [3.8, 4) is 0 Å². The van der Waals surface area contributed by atoms with E-state index < -0.39 is 0 Å². The molecule has 0 saturated heterocycles. The van der Waals surface area contributed by atoms with Gasteiger partial charge in [0.1, 0.15) is 0 Å². The van der Waals surface area contributed by atoms with Crippen LogP contribution in [0.15, 0.2) is 52.3 Å². The zero-order valence-corrected chi connectivity index (χ0v) is 14.0. The third-order valence-electron chi connectivity index (χ3n) is 3.38. The van der Waals surface area contributed by atoms with Gasteiger partial charge in [-0.3, -0.25) is 0 Å². The van der Waals surface area contributed by atoms with E-state index in [0.29, 0.717) is 0 Å². The van der Waals surface area contributed by atoms with Crippen molar-refractivity contribution >= 4 is 49.0 Å². The number of hydrogen-bond donors (Lipinski definition) is 1. The number of benzene rings is 2. The van der Waals surface area contributed by atoms with Gasteiger partial charge in [-0.1, -0.05) is 51.8 Å². The lowest BCUT2D eigenvalue weighted by Gasteiger charge is -2.19. The number of thiophene rings is 1. The zero-order valence-electron chi connectivity index (χ0n) is 10.9. The molecule has 3 rings (SSSR count). The van der Waals surface area contributed by atoms with Gasteiger partial charge in [0.15, 0.2) is 0 Å². The molecule has 0 fully saturated rings. The molecule has 4 heteroatoms. The maximum absolute atomic E-state index is 6.04.